The summed E-state index contributed by atoms with van der Waals surface area (Å²) in [5.41, 5.74) is 2.89. The molecule has 3 aromatic rings. The standard InChI is InChI=1S/C27H29FN4O3/c28-24-14-20(16-30-17-24)18-31-12-4-2-1-3-5-13-32(26(33)21-8-10-29-11-9-21)25-7-6-22(27(34)35)15-23(25)19-31/h6-11,14-17H,1-5,12-13,18-19H2,(H,34,35). The Hall–Kier alpha value is -3.65. The van der Waals surface area contributed by atoms with Gasteiger partial charge in [-0.15, -0.1) is 0 Å². The second-order valence-electron chi connectivity index (χ2n) is 8.83. The summed E-state index contributed by atoms with van der Waals surface area (Å²) in [6.07, 6.45) is 11.0. The third kappa shape index (κ3) is 6.48. The molecular formula is C27H29FN4O3. The smallest absolute Gasteiger partial charge is 0.335 e. The summed E-state index contributed by atoms with van der Waals surface area (Å²) in [5.74, 6) is -1.55. The summed E-state index contributed by atoms with van der Waals surface area (Å²) in [5, 5.41) is 9.63. The van der Waals surface area contributed by atoms with Crippen LogP contribution in [0.15, 0.2) is 61.2 Å². The van der Waals surface area contributed by atoms with Crippen molar-refractivity contribution in [3.8, 4) is 0 Å². The van der Waals surface area contributed by atoms with Gasteiger partial charge in [0.05, 0.1) is 11.8 Å². The number of carbonyl (C=O) groups excluding carboxylic acids is 1. The maximum Gasteiger partial charge on any atom is 0.335 e. The van der Waals surface area contributed by atoms with Crippen LogP contribution in [0, 0.1) is 5.82 Å². The molecular weight excluding hydrogens is 447 g/mol. The number of aromatic nitrogens is 2. The normalized spacial score (nSPS) is 15.5. The first-order valence-electron chi connectivity index (χ1n) is 11.9. The molecule has 2 aromatic heterocycles. The number of benzene rings is 1. The number of rotatable bonds is 4. The van der Waals surface area contributed by atoms with Crippen LogP contribution in [0.3, 0.4) is 0 Å². The molecule has 3 heterocycles. The minimum atomic E-state index is -1.02. The molecule has 35 heavy (non-hydrogen) atoms. The van der Waals surface area contributed by atoms with Crippen LogP contribution in [-0.4, -0.2) is 44.9 Å². The molecule has 1 amide bonds. The monoisotopic (exact) mass is 476 g/mol. The van der Waals surface area contributed by atoms with Gasteiger partial charge in [0.1, 0.15) is 5.82 Å². The van der Waals surface area contributed by atoms with E-state index in [9.17, 15) is 19.1 Å². The highest BCUT2D eigenvalue weighted by Crippen LogP contribution is 2.28. The molecule has 0 atom stereocenters. The Balaban J connectivity index is 1.73. The summed E-state index contributed by atoms with van der Waals surface area (Å²) in [7, 11) is 0. The molecule has 7 nitrogen and oxygen atoms in total. The lowest BCUT2D eigenvalue weighted by Crippen LogP contribution is -2.34. The Morgan fingerprint density at radius 2 is 1.63 bits per heavy atom. The summed E-state index contributed by atoms with van der Waals surface area (Å²) >= 11 is 0. The van der Waals surface area contributed by atoms with Crippen molar-refractivity contribution in [2.45, 2.75) is 45.2 Å². The van der Waals surface area contributed by atoms with Gasteiger partial charge in [-0.05, 0) is 66.9 Å². The molecule has 0 unspecified atom stereocenters. The lowest BCUT2D eigenvalue weighted by atomic mass is 10.0. The number of anilines is 1. The number of hydrogen-bond donors (Lipinski definition) is 1. The number of carboxylic acids is 1. The number of carboxylic acid groups (broad SMARTS) is 1. The quantitative estimate of drug-likeness (QED) is 0.575. The van der Waals surface area contributed by atoms with Crippen molar-refractivity contribution in [2.75, 3.05) is 18.0 Å². The van der Waals surface area contributed by atoms with E-state index in [-0.39, 0.29) is 17.3 Å². The van der Waals surface area contributed by atoms with Crippen molar-refractivity contribution < 1.29 is 19.1 Å². The predicted octanol–water partition coefficient (Wildman–Crippen LogP) is 4.93. The molecule has 1 aromatic carbocycles. The molecule has 0 bridgehead atoms. The fourth-order valence-electron chi connectivity index (χ4n) is 4.48. The van der Waals surface area contributed by atoms with Crippen molar-refractivity contribution in [1.29, 1.82) is 0 Å². The van der Waals surface area contributed by atoms with Crippen LogP contribution >= 0.6 is 0 Å². The van der Waals surface area contributed by atoms with Gasteiger partial charge >= 0.3 is 5.97 Å². The first-order valence-corrected chi connectivity index (χ1v) is 11.9. The van der Waals surface area contributed by atoms with E-state index in [0.717, 1.165) is 49.8 Å². The Morgan fingerprint density at radius 1 is 0.886 bits per heavy atom. The summed E-state index contributed by atoms with van der Waals surface area (Å²) in [6, 6.07) is 9.76. The topological polar surface area (TPSA) is 86.6 Å². The Labute approximate surface area is 204 Å². The number of nitrogens with zero attached hydrogens (tertiary/aromatic N) is 4. The zero-order chi connectivity index (χ0) is 24.6. The molecule has 1 aliphatic heterocycles. The molecule has 0 saturated carbocycles. The van der Waals surface area contributed by atoms with Gasteiger partial charge in [0, 0.05) is 49.5 Å². The number of pyridine rings is 2. The largest absolute Gasteiger partial charge is 0.478 e. The highest BCUT2D eigenvalue weighted by molar-refractivity contribution is 6.06. The Morgan fingerprint density at radius 3 is 2.37 bits per heavy atom. The molecule has 0 saturated heterocycles. The molecule has 0 aliphatic carbocycles. The van der Waals surface area contributed by atoms with Gasteiger partial charge in [0.2, 0.25) is 0 Å². The highest BCUT2D eigenvalue weighted by Gasteiger charge is 2.23. The van der Waals surface area contributed by atoms with E-state index < -0.39 is 5.97 Å². The molecule has 0 fully saturated rings. The Kier molecular flexibility index (Phi) is 8.15. The zero-order valence-corrected chi connectivity index (χ0v) is 19.6. The number of hydrogen-bond acceptors (Lipinski definition) is 5. The second-order valence-corrected chi connectivity index (χ2v) is 8.83. The van der Waals surface area contributed by atoms with Gasteiger partial charge in [-0.2, -0.15) is 0 Å². The summed E-state index contributed by atoms with van der Waals surface area (Å²) < 4.78 is 13.8. The van der Waals surface area contributed by atoms with Crippen LogP contribution in [0.1, 0.15) is 63.9 Å². The molecule has 182 valence electrons. The number of carbonyl (C=O) groups is 2. The first kappa shape index (κ1) is 24.5. The lowest BCUT2D eigenvalue weighted by Gasteiger charge is -2.29. The predicted molar refractivity (Wildman–Crippen MR) is 131 cm³/mol. The van der Waals surface area contributed by atoms with Crippen LogP contribution in [0.2, 0.25) is 0 Å². The van der Waals surface area contributed by atoms with E-state index >= 15 is 0 Å². The number of amides is 1. The van der Waals surface area contributed by atoms with Crippen molar-refractivity contribution >= 4 is 17.6 Å². The van der Waals surface area contributed by atoms with Crippen LogP contribution in [0.25, 0.3) is 0 Å². The van der Waals surface area contributed by atoms with E-state index in [2.05, 4.69) is 14.9 Å². The van der Waals surface area contributed by atoms with Crippen LogP contribution in [0.5, 0.6) is 0 Å². The fourth-order valence-corrected chi connectivity index (χ4v) is 4.48. The average molecular weight is 477 g/mol. The van der Waals surface area contributed by atoms with Gasteiger partial charge in [-0.3, -0.25) is 19.7 Å². The molecule has 8 heteroatoms. The van der Waals surface area contributed by atoms with Crippen molar-refractivity contribution in [3.63, 3.8) is 0 Å². The first-order chi connectivity index (χ1) is 17.0. The van der Waals surface area contributed by atoms with Crippen molar-refractivity contribution in [1.82, 2.24) is 14.9 Å². The molecule has 0 radical (unpaired) electrons. The average Bonchev–Trinajstić information content (AvgIpc) is 2.85. The van der Waals surface area contributed by atoms with Crippen LogP contribution in [-0.2, 0) is 13.1 Å². The highest BCUT2D eigenvalue weighted by atomic mass is 19.1. The molecule has 4 rings (SSSR count). The van der Waals surface area contributed by atoms with Gasteiger partial charge in [0.15, 0.2) is 0 Å². The van der Waals surface area contributed by atoms with Crippen molar-refractivity contribution in [3.05, 3.63) is 89.3 Å². The molecule has 0 spiro atoms. The third-order valence-electron chi connectivity index (χ3n) is 6.21. The fraction of sp³-hybridized carbons (Fsp3) is 0.333. The summed E-state index contributed by atoms with van der Waals surface area (Å²) in [6.45, 7) is 2.20. The lowest BCUT2D eigenvalue weighted by molar-refractivity contribution is 0.0696. The molecule has 1 aliphatic rings. The maximum absolute atomic E-state index is 13.8. The number of aromatic carboxylic acids is 1. The SMILES string of the molecule is O=C(O)c1ccc2c(c1)CN(Cc1cncc(F)c1)CCCCCCCN2C(=O)c1ccncc1. The number of fused-ring (bicyclic) bond motifs is 1. The van der Waals surface area contributed by atoms with Gasteiger partial charge in [-0.1, -0.05) is 19.3 Å². The molecule has 1 N–H and O–H groups in total. The van der Waals surface area contributed by atoms with Gasteiger partial charge in [0.25, 0.3) is 5.91 Å². The minimum absolute atomic E-state index is 0.144. The van der Waals surface area contributed by atoms with Crippen LogP contribution < -0.4 is 4.90 Å². The van der Waals surface area contributed by atoms with E-state index in [1.54, 1.807) is 53.8 Å². The van der Waals surface area contributed by atoms with Crippen molar-refractivity contribution in [2.24, 2.45) is 0 Å². The minimum Gasteiger partial charge on any atom is -0.478 e. The maximum atomic E-state index is 13.8. The van der Waals surface area contributed by atoms with E-state index in [1.165, 1.54) is 12.3 Å². The second kappa shape index (κ2) is 11.7. The van der Waals surface area contributed by atoms with E-state index in [0.29, 0.717) is 30.9 Å². The zero-order valence-electron chi connectivity index (χ0n) is 19.6. The van der Waals surface area contributed by atoms with E-state index in [1.807, 2.05) is 0 Å². The third-order valence-corrected chi connectivity index (χ3v) is 6.21. The van der Waals surface area contributed by atoms with Crippen LogP contribution in [0.4, 0.5) is 10.1 Å². The number of halogens is 1. The summed E-state index contributed by atoms with van der Waals surface area (Å²) in [4.78, 5) is 37.2. The van der Waals surface area contributed by atoms with Gasteiger partial charge < -0.3 is 10.0 Å². The Bertz CT molecular complexity index is 1170. The van der Waals surface area contributed by atoms with E-state index in [4.69, 9.17) is 0 Å². The van der Waals surface area contributed by atoms with Gasteiger partial charge in [-0.25, -0.2) is 9.18 Å².